The summed E-state index contributed by atoms with van der Waals surface area (Å²) >= 11 is 1.63. The van der Waals surface area contributed by atoms with Crippen LogP contribution in [0.25, 0.3) is 6.08 Å². The van der Waals surface area contributed by atoms with Crippen molar-refractivity contribution in [3.05, 3.63) is 21.7 Å². The number of aliphatic hydroxyl groups is 1. The van der Waals surface area contributed by atoms with Crippen molar-refractivity contribution >= 4 is 29.2 Å². The molecule has 2 rings (SSSR count). The van der Waals surface area contributed by atoms with Crippen LogP contribution in [0.5, 0.6) is 0 Å². The zero-order valence-electron chi connectivity index (χ0n) is 23.2. The van der Waals surface area contributed by atoms with Gasteiger partial charge < -0.3 is 20.7 Å². The van der Waals surface area contributed by atoms with E-state index < -0.39 is 23.9 Å². The number of carbonyl (C=O) groups is 2. The Balaban J connectivity index is 1.80. The number of carboxylic acid groups (broad SMARTS) is 1. The number of Topliss-reactive ketones (excluding diaryl/α,β-unsaturated/α-hetero) is 1. The number of nitrogens with zero attached hydrogens (tertiary/aromatic N) is 1. The summed E-state index contributed by atoms with van der Waals surface area (Å²) in [5.74, 6) is -1.03. The van der Waals surface area contributed by atoms with Gasteiger partial charge in [-0.1, -0.05) is 53.0 Å². The lowest BCUT2D eigenvalue weighted by atomic mass is 9.70. The summed E-state index contributed by atoms with van der Waals surface area (Å²) in [6.45, 7) is 15.6. The van der Waals surface area contributed by atoms with Crippen LogP contribution in [0.4, 0.5) is 0 Å². The molecule has 0 aromatic carbocycles. The number of carbonyl (C=O) groups excluding carboxylic acids is 1. The number of rotatable bonds is 15. The largest absolute Gasteiger partial charge is 0.481 e. The van der Waals surface area contributed by atoms with Gasteiger partial charge in [-0.3, -0.25) is 9.59 Å². The van der Waals surface area contributed by atoms with E-state index in [-0.39, 0.29) is 35.4 Å². The molecule has 0 radical (unpaired) electrons. The van der Waals surface area contributed by atoms with Crippen LogP contribution in [0.2, 0.25) is 0 Å². The fraction of sp³-hybridized carbons (Fsp3) is 0.750. The second-order valence-electron chi connectivity index (χ2n) is 11.7. The molecular weight excluding hydrogens is 476 g/mol. The Morgan fingerprint density at radius 3 is 2.53 bits per heavy atom. The Morgan fingerprint density at radius 1 is 1.33 bits per heavy atom. The topological polar surface area (TPSA) is 126 Å². The summed E-state index contributed by atoms with van der Waals surface area (Å²) in [4.78, 5) is 28.6. The number of ketones is 1. The molecule has 0 saturated carbocycles. The summed E-state index contributed by atoms with van der Waals surface area (Å²) in [5.41, 5.74) is 7.26. The molecule has 0 aliphatic carbocycles. The smallest absolute Gasteiger partial charge is 0.306 e. The van der Waals surface area contributed by atoms with Gasteiger partial charge in [-0.2, -0.15) is 0 Å². The molecule has 0 bridgehead atoms. The number of hydrogen-bond acceptors (Lipinski definition) is 7. The Hall–Kier alpha value is -1.61. The predicted octanol–water partition coefficient (Wildman–Crippen LogP) is 5.24. The van der Waals surface area contributed by atoms with Crippen molar-refractivity contribution in [2.45, 2.75) is 111 Å². The number of carboxylic acids is 1. The summed E-state index contributed by atoms with van der Waals surface area (Å²) in [7, 11) is 0. The number of aliphatic hydroxyl groups excluding tert-OH is 1. The van der Waals surface area contributed by atoms with Gasteiger partial charge in [-0.25, -0.2) is 4.98 Å². The van der Waals surface area contributed by atoms with E-state index >= 15 is 0 Å². The van der Waals surface area contributed by atoms with Gasteiger partial charge in [0.05, 0.1) is 40.3 Å². The Bertz CT molecular complexity index is 942. The molecule has 1 aromatic rings. The standard InChI is InChI=1S/C28H46N2O5S/c1-16(18(3)19(4)26(34)27(6,7)23(31)14-25(32)33)10-9-11-28(8)24(35-28)13-22(29)17(2)12-21-15-36-20(5)30-21/h12,15-16,18-19,22-24,31H,9-11,13-14,29H2,1-8H3,(H,32,33)/b17-12+/t16-,18-,19+,22-,23-,24-,28+/m0/s1. The van der Waals surface area contributed by atoms with Crippen LogP contribution in [0.15, 0.2) is 11.0 Å². The highest BCUT2D eigenvalue weighted by Crippen LogP contribution is 2.44. The van der Waals surface area contributed by atoms with Gasteiger partial charge in [0.25, 0.3) is 0 Å². The average molecular weight is 523 g/mol. The zero-order valence-corrected chi connectivity index (χ0v) is 24.0. The number of nitrogens with two attached hydrogens (primary N) is 1. The van der Waals surface area contributed by atoms with Gasteiger partial charge in [0.1, 0.15) is 5.78 Å². The number of aliphatic carboxylic acids is 1. The van der Waals surface area contributed by atoms with Crippen LogP contribution in [0.1, 0.15) is 91.3 Å². The van der Waals surface area contributed by atoms with E-state index in [1.807, 2.05) is 26.2 Å². The summed E-state index contributed by atoms with van der Waals surface area (Å²) in [5, 5.41) is 22.4. The van der Waals surface area contributed by atoms with E-state index in [2.05, 4.69) is 31.8 Å². The predicted molar refractivity (Wildman–Crippen MR) is 145 cm³/mol. The lowest BCUT2D eigenvalue weighted by Crippen LogP contribution is -2.43. The highest BCUT2D eigenvalue weighted by atomic mass is 32.1. The Morgan fingerprint density at radius 2 is 1.97 bits per heavy atom. The van der Waals surface area contributed by atoms with E-state index in [0.29, 0.717) is 5.92 Å². The molecule has 1 aliphatic heterocycles. The van der Waals surface area contributed by atoms with Crippen molar-refractivity contribution in [2.24, 2.45) is 28.9 Å². The van der Waals surface area contributed by atoms with E-state index in [4.69, 9.17) is 15.6 Å². The molecule has 0 spiro atoms. The fourth-order valence-electron chi connectivity index (χ4n) is 4.95. The minimum absolute atomic E-state index is 0.0653. The van der Waals surface area contributed by atoms with Crippen LogP contribution in [-0.4, -0.2) is 50.8 Å². The molecule has 0 unspecified atom stereocenters. The molecule has 8 heteroatoms. The number of thiazole rings is 1. The molecule has 1 fully saturated rings. The first-order chi connectivity index (χ1) is 16.6. The highest BCUT2D eigenvalue weighted by Gasteiger charge is 2.51. The van der Waals surface area contributed by atoms with Crippen LogP contribution >= 0.6 is 11.3 Å². The molecule has 1 aliphatic rings. The highest BCUT2D eigenvalue weighted by molar-refractivity contribution is 7.09. The van der Waals surface area contributed by atoms with Crippen molar-refractivity contribution in [2.75, 3.05) is 0 Å². The number of hydrogen-bond donors (Lipinski definition) is 3. The van der Waals surface area contributed by atoms with Gasteiger partial charge >= 0.3 is 5.97 Å². The normalized spacial score (nSPS) is 24.6. The van der Waals surface area contributed by atoms with Gasteiger partial charge in [0, 0.05) is 17.3 Å². The van der Waals surface area contributed by atoms with Crippen molar-refractivity contribution in [1.82, 2.24) is 4.98 Å². The molecule has 7 atom stereocenters. The molecule has 36 heavy (non-hydrogen) atoms. The lowest BCUT2D eigenvalue weighted by molar-refractivity contribution is -0.146. The Labute approximate surface area is 220 Å². The van der Waals surface area contributed by atoms with Crippen LogP contribution in [-0.2, 0) is 14.3 Å². The molecule has 7 nitrogen and oxygen atoms in total. The summed E-state index contributed by atoms with van der Waals surface area (Å²) in [6.07, 6.45) is 4.27. The molecular formula is C28H46N2O5S. The quantitative estimate of drug-likeness (QED) is 0.269. The number of aryl methyl sites for hydroxylation is 1. The molecule has 2 heterocycles. The van der Waals surface area contributed by atoms with Crippen LogP contribution in [0.3, 0.4) is 0 Å². The average Bonchev–Trinajstić information content (AvgIpc) is 3.22. The molecule has 4 N–H and O–H groups in total. The van der Waals surface area contributed by atoms with E-state index in [1.54, 1.807) is 25.2 Å². The zero-order chi connectivity index (χ0) is 27.4. The molecule has 1 aromatic heterocycles. The first kappa shape index (κ1) is 30.6. The van der Waals surface area contributed by atoms with Gasteiger partial charge in [0.15, 0.2) is 0 Å². The third-order valence-corrected chi connectivity index (χ3v) is 9.16. The second-order valence-corrected chi connectivity index (χ2v) is 12.7. The van der Waals surface area contributed by atoms with Crippen LogP contribution < -0.4 is 5.73 Å². The fourth-order valence-corrected chi connectivity index (χ4v) is 5.52. The second kappa shape index (κ2) is 12.3. The minimum atomic E-state index is -1.20. The van der Waals surface area contributed by atoms with Crippen molar-refractivity contribution in [1.29, 1.82) is 0 Å². The molecule has 0 amide bonds. The maximum absolute atomic E-state index is 13.1. The third-order valence-electron chi connectivity index (χ3n) is 8.37. The first-order valence-corrected chi connectivity index (χ1v) is 13.9. The number of aromatic nitrogens is 1. The minimum Gasteiger partial charge on any atom is -0.481 e. The molecule has 1 saturated heterocycles. The van der Waals surface area contributed by atoms with Crippen LogP contribution in [0, 0.1) is 30.1 Å². The maximum Gasteiger partial charge on any atom is 0.306 e. The summed E-state index contributed by atoms with van der Waals surface area (Å²) in [6, 6.07) is -0.0653. The Kier molecular flexibility index (Phi) is 10.5. The first-order valence-electron chi connectivity index (χ1n) is 13.1. The lowest BCUT2D eigenvalue weighted by Gasteiger charge is -2.34. The third kappa shape index (κ3) is 7.94. The van der Waals surface area contributed by atoms with Crippen molar-refractivity contribution < 1.29 is 24.5 Å². The van der Waals surface area contributed by atoms with Crippen molar-refractivity contribution in [3.63, 3.8) is 0 Å². The van der Waals surface area contributed by atoms with E-state index in [0.717, 1.165) is 42.0 Å². The SMILES string of the molecule is C/C(=C\c1csc(C)n1)[C@@H](N)C[C@@H]1O[C@]1(C)CCC[C@H](C)[C@H](C)[C@@H](C)C(=O)C(C)(C)[C@@H](O)CC(=O)O. The number of ether oxygens (including phenoxy) is 1. The monoisotopic (exact) mass is 522 g/mol. The van der Waals surface area contributed by atoms with Crippen molar-refractivity contribution in [3.8, 4) is 0 Å². The number of epoxide rings is 1. The van der Waals surface area contributed by atoms with Gasteiger partial charge in [-0.05, 0) is 51.5 Å². The van der Waals surface area contributed by atoms with E-state index in [1.165, 1.54) is 0 Å². The maximum atomic E-state index is 13.1. The van der Waals surface area contributed by atoms with E-state index in [9.17, 15) is 14.7 Å². The summed E-state index contributed by atoms with van der Waals surface area (Å²) < 4.78 is 6.06. The molecule has 204 valence electrons. The van der Waals surface area contributed by atoms with Gasteiger partial charge in [0.2, 0.25) is 0 Å². The van der Waals surface area contributed by atoms with Gasteiger partial charge in [-0.15, -0.1) is 11.3 Å².